The third-order valence-corrected chi connectivity index (χ3v) is 15.3. The summed E-state index contributed by atoms with van der Waals surface area (Å²) in [6.45, 7) is 8.83. The molecule has 2 aromatic carbocycles. The van der Waals surface area contributed by atoms with Gasteiger partial charge in [-0.2, -0.15) is 0 Å². The van der Waals surface area contributed by atoms with Gasteiger partial charge in [0.25, 0.3) is 0 Å². The Hall–Kier alpha value is -0.916. The largest absolute Gasteiger partial charge is 0.429 e. The average molecular weight is 407 g/mol. The lowest BCUT2D eigenvalue weighted by molar-refractivity contribution is 0.198. The maximum atomic E-state index is 7.21. The maximum absolute atomic E-state index is 7.21. The van der Waals surface area contributed by atoms with E-state index in [4.69, 9.17) is 20.1 Å². The highest BCUT2D eigenvalue weighted by molar-refractivity contribution is 6.98. The molecule has 0 spiro atoms. The summed E-state index contributed by atoms with van der Waals surface area (Å²) in [4.78, 5) is 0. The minimum atomic E-state index is -2.85. The van der Waals surface area contributed by atoms with E-state index >= 15 is 0 Å². The fourth-order valence-corrected chi connectivity index (χ4v) is 12.8. The van der Waals surface area contributed by atoms with Gasteiger partial charge in [0.1, 0.15) is 0 Å². The summed E-state index contributed by atoms with van der Waals surface area (Å²) in [6, 6.07) is 24.3. The normalized spacial score (nSPS) is 13.6. The van der Waals surface area contributed by atoms with E-state index in [0.29, 0.717) is 5.88 Å². The predicted octanol–water partition coefficient (Wildman–Crippen LogP) is 4.91. The molecule has 0 N–H and O–H groups in total. The molecule has 0 aliphatic heterocycles. The summed E-state index contributed by atoms with van der Waals surface area (Å²) < 4.78 is 14.0. The third kappa shape index (κ3) is 4.67. The molecule has 5 heteroatoms. The van der Waals surface area contributed by atoms with E-state index in [1.54, 1.807) is 0 Å². The van der Waals surface area contributed by atoms with E-state index in [-0.39, 0.29) is 6.10 Å². The van der Waals surface area contributed by atoms with Gasteiger partial charge in [-0.15, -0.1) is 11.6 Å². The lowest BCUT2D eigenvalue weighted by Crippen LogP contribution is -2.68. The fraction of sp³-hybridized carbons (Fsp3) is 0.429. The zero-order valence-corrected chi connectivity index (χ0v) is 19.1. The van der Waals surface area contributed by atoms with Crippen LogP contribution in [0.25, 0.3) is 0 Å². The fourth-order valence-electron chi connectivity index (χ4n) is 3.35. The van der Waals surface area contributed by atoms with Gasteiger partial charge in [0, 0.05) is 5.88 Å². The van der Waals surface area contributed by atoms with Crippen LogP contribution in [0.5, 0.6) is 0 Å². The van der Waals surface area contributed by atoms with Crippen molar-refractivity contribution in [2.75, 3.05) is 5.88 Å². The van der Waals surface area contributed by atoms with E-state index < -0.39 is 16.9 Å². The SMILES string of the molecule is CC[Si](CC)(CC)O[Si](OC(C)CCl)(c1ccccc1)c1ccccc1. The van der Waals surface area contributed by atoms with E-state index in [1.807, 2.05) is 19.1 Å². The first kappa shape index (κ1) is 21.4. The van der Waals surface area contributed by atoms with Crippen LogP contribution in [0.4, 0.5) is 0 Å². The molecule has 0 aliphatic carbocycles. The van der Waals surface area contributed by atoms with Crippen molar-refractivity contribution in [3.63, 3.8) is 0 Å². The second-order valence-electron chi connectivity index (χ2n) is 6.78. The van der Waals surface area contributed by atoms with Gasteiger partial charge >= 0.3 is 8.56 Å². The number of hydrogen-bond acceptors (Lipinski definition) is 2. The Morgan fingerprint density at radius 1 is 0.808 bits per heavy atom. The highest BCUT2D eigenvalue weighted by Gasteiger charge is 2.49. The third-order valence-electron chi connectivity index (χ3n) is 5.19. The van der Waals surface area contributed by atoms with Crippen molar-refractivity contribution in [2.45, 2.75) is 51.9 Å². The maximum Gasteiger partial charge on any atom is 0.397 e. The first-order valence-electron chi connectivity index (χ1n) is 9.60. The molecule has 2 aromatic rings. The second kappa shape index (κ2) is 9.86. The van der Waals surface area contributed by atoms with Crippen molar-refractivity contribution in [1.29, 1.82) is 0 Å². The molecule has 0 fully saturated rings. The van der Waals surface area contributed by atoms with Crippen LogP contribution in [0.3, 0.4) is 0 Å². The zero-order chi connectivity index (χ0) is 19.0. The van der Waals surface area contributed by atoms with E-state index in [9.17, 15) is 0 Å². The summed E-state index contributed by atoms with van der Waals surface area (Å²) in [7, 11) is -4.76. The minimum absolute atomic E-state index is 0.0685. The molecular formula is C21H31ClO2Si2. The molecule has 0 aromatic heterocycles. The van der Waals surface area contributed by atoms with Crippen LogP contribution < -0.4 is 10.4 Å². The van der Waals surface area contributed by atoms with Crippen LogP contribution >= 0.6 is 11.6 Å². The number of alkyl halides is 1. The Bertz CT molecular complexity index is 600. The highest BCUT2D eigenvalue weighted by atomic mass is 35.5. The quantitative estimate of drug-likeness (QED) is 0.412. The molecule has 0 saturated carbocycles. The monoisotopic (exact) mass is 406 g/mol. The van der Waals surface area contributed by atoms with Gasteiger partial charge in [0.15, 0.2) is 8.32 Å². The second-order valence-corrected chi connectivity index (χ2v) is 15.0. The average Bonchev–Trinajstić information content (AvgIpc) is 2.72. The smallest absolute Gasteiger partial charge is 0.397 e. The Kier molecular flexibility index (Phi) is 8.11. The van der Waals surface area contributed by atoms with Gasteiger partial charge in [-0.25, -0.2) is 0 Å². The molecule has 1 atom stereocenters. The van der Waals surface area contributed by atoms with Crippen LogP contribution in [-0.4, -0.2) is 28.9 Å². The summed E-state index contributed by atoms with van der Waals surface area (Å²) in [5, 5.41) is 2.32. The topological polar surface area (TPSA) is 18.5 Å². The number of hydrogen-bond donors (Lipinski definition) is 0. The summed E-state index contributed by atoms with van der Waals surface area (Å²) >= 11 is 6.16. The molecule has 0 amide bonds. The Balaban J connectivity index is 2.67. The molecule has 142 valence electrons. The van der Waals surface area contributed by atoms with E-state index in [0.717, 1.165) is 28.5 Å². The minimum Gasteiger partial charge on any atom is -0.429 e. The molecule has 2 nitrogen and oxygen atoms in total. The van der Waals surface area contributed by atoms with E-state index in [1.165, 1.54) is 0 Å². The van der Waals surface area contributed by atoms with E-state index in [2.05, 4.69) is 69.3 Å². The molecule has 1 unspecified atom stereocenters. The predicted molar refractivity (Wildman–Crippen MR) is 117 cm³/mol. The molecule has 0 saturated heterocycles. The Labute approximate surface area is 165 Å². The van der Waals surface area contributed by atoms with Crippen molar-refractivity contribution in [1.82, 2.24) is 0 Å². The summed E-state index contributed by atoms with van der Waals surface area (Å²) in [5.41, 5.74) is 0. The van der Waals surface area contributed by atoms with Crippen molar-refractivity contribution >= 4 is 38.9 Å². The Morgan fingerprint density at radius 2 is 1.23 bits per heavy atom. The van der Waals surface area contributed by atoms with Gasteiger partial charge in [0.2, 0.25) is 0 Å². The summed E-state index contributed by atoms with van der Waals surface area (Å²) in [6.07, 6.45) is -0.0685. The number of halogens is 1. The first-order valence-corrected chi connectivity index (χ1v) is 14.5. The number of benzene rings is 2. The van der Waals surface area contributed by atoms with Crippen LogP contribution in [0.1, 0.15) is 27.7 Å². The van der Waals surface area contributed by atoms with Crippen molar-refractivity contribution < 1.29 is 8.54 Å². The number of rotatable bonds is 10. The lowest BCUT2D eigenvalue weighted by atomic mass is 10.4. The van der Waals surface area contributed by atoms with Gasteiger partial charge < -0.3 is 8.54 Å². The van der Waals surface area contributed by atoms with Crippen LogP contribution in [-0.2, 0) is 8.54 Å². The molecule has 26 heavy (non-hydrogen) atoms. The zero-order valence-electron chi connectivity index (χ0n) is 16.4. The molecule has 0 heterocycles. The molecule has 0 bridgehead atoms. The molecule has 2 rings (SSSR count). The lowest BCUT2D eigenvalue weighted by Gasteiger charge is -2.42. The highest BCUT2D eigenvalue weighted by Crippen LogP contribution is 2.27. The van der Waals surface area contributed by atoms with Crippen molar-refractivity contribution in [3.8, 4) is 0 Å². The van der Waals surface area contributed by atoms with Gasteiger partial charge in [0.05, 0.1) is 6.10 Å². The molecule has 0 aliphatic rings. The van der Waals surface area contributed by atoms with Crippen molar-refractivity contribution in [3.05, 3.63) is 60.7 Å². The van der Waals surface area contributed by atoms with Gasteiger partial charge in [-0.05, 0) is 35.4 Å². The van der Waals surface area contributed by atoms with Gasteiger partial charge in [-0.1, -0.05) is 81.4 Å². The molecule has 0 radical (unpaired) electrons. The summed E-state index contributed by atoms with van der Waals surface area (Å²) in [5.74, 6) is 0.455. The molecular weight excluding hydrogens is 376 g/mol. The first-order chi connectivity index (χ1) is 12.6. The van der Waals surface area contributed by atoms with Crippen molar-refractivity contribution in [2.24, 2.45) is 0 Å². The van der Waals surface area contributed by atoms with Crippen LogP contribution in [0.15, 0.2) is 60.7 Å². The van der Waals surface area contributed by atoms with Crippen LogP contribution in [0.2, 0.25) is 18.1 Å². The van der Waals surface area contributed by atoms with Gasteiger partial charge in [-0.3, -0.25) is 0 Å². The Morgan fingerprint density at radius 3 is 1.58 bits per heavy atom. The van der Waals surface area contributed by atoms with Crippen LogP contribution in [0, 0.1) is 0 Å². The standard InChI is InChI=1S/C21H31ClO2Si2/c1-5-25(6-2,7-3)24-26(23-19(4)18-22,20-14-10-8-11-15-20)21-16-12-9-13-17-21/h8-17,19H,5-7,18H2,1-4H3.